The zero-order valence-electron chi connectivity index (χ0n) is 13.5. The molecular formula is C13H23N5O5. The normalized spacial score (nSPS) is 11.8. The number of carbonyl (C=O) groups excluding carboxylic acids is 2. The van der Waals surface area contributed by atoms with Crippen molar-refractivity contribution in [1.29, 1.82) is 0 Å². The molecule has 10 nitrogen and oxygen atoms in total. The van der Waals surface area contributed by atoms with Gasteiger partial charge in [0.15, 0.2) is 0 Å². The molecule has 0 rings (SSSR count). The van der Waals surface area contributed by atoms with Crippen LogP contribution in [-0.4, -0.2) is 47.8 Å². The lowest BCUT2D eigenvalue weighted by atomic mass is 10.1. The summed E-state index contributed by atoms with van der Waals surface area (Å²) in [6, 6.07) is -1.06. The van der Waals surface area contributed by atoms with E-state index in [2.05, 4.69) is 20.7 Å². The maximum absolute atomic E-state index is 11.4. The van der Waals surface area contributed by atoms with Crippen molar-refractivity contribution in [2.45, 2.75) is 51.7 Å². The Bertz CT molecular complexity index is 468. The Morgan fingerprint density at radius 3 is 2.48 bits per heavy atom. The fourth-order valence-corrected chi connectivity index (χ4v) is 1.57. The van der Waals surface area contributed by atoms with Gasteiger partial charge in [-0.25, -0.2) is 9.59 Å². The van der Waals surface area contributed by atoms with Crippen LogP contribution in [-0.2, 0) is 14.3 Å². The summed E-state index contributed by atoms with van der Waals surface area (Å²) in [6.45, 7) is 5.16. The predicted molar refractivity (Wildman–Crippen MR) is 81.7 cm³/mol. The first kappa shape index (κ1) is 20.5. The second-order valence-corrected chi connectivity index (χ2v) is 5.77. The van der Waals surface area contributed by atoms with Gasteiger partial charge in [0.2, 0.25) is 5.91 Å². The van der Waals surface area contributed by atoms with Crippen LogP contribution in [0.3, 0.4) is 0 Å². The van der Waals surface area contributed by atoms with E-state index < -0.39 is 36.2 Å². The van der Waals surface area contributed by atoms with E-state index in [0.29, 0.717) is 19.4 Å². The molecule has 0 saturated heterocycles. The first-order valence-electron chi connectivity index (χ1n) is 7.15. The minimum absolute atomic E-state index is 0.202. The summed E-state index contributed by atoms with van der Waals surface area (Å²) >= 11 is 0. The molecule has 0 fully saturated rings. The molecule has 10 heteroatoms. The summed E-state index contributed by atoms with van der Waals surface area (Å²) in [5.41, 5.74) is 7.52. The molecule has 0 aliphatic carbocycles. The molecule has 2 amide bonds. The first-order valence-corrected chi connectivity index (χ1v) is 7.15. The van der Waals surface area contributed by atoms with E-state index in [9.17, 15) is 14.4 Å². The van der Waals surface area contributed by atoms with Crippen LogP contribution in [0, 0.1) is 0 Å². The number of nitrogens with one attached hydrogen (secondary N) is 2. The van der Waals surface area contributed by atoms with Crippen LogP contribution < -0.4 is 10.6 Å². The number of nitrogens with zero attached hydrogens (tertiary/aromatic N) is 3. The second-order valence-electron chi connectivity index (χ2n) is 5.77. The number of aliphatic carboxylic acids is 1. The van der Waals surface area contributed by atoms with Crippen LogP contribution in [0.1, 0.15) is 40.0 Å². The fraction of sp³-hybridized carbons (Fsp3) is 0.769. The molecule has 0 unspecified atom stereocenters. The van der Waals surface area contributed by atoms with Crippen molar-refractivity contribution in [2.24, 2.45) is 5.11 Å². The third-order valence-electron chi connectivity index (χ3n) is 2.50. The van der Waals surface area contributed by atoms with Gasteiger partial charge < -0.3 is 20.5 Å². The number of unbranched alkanes of at least 4 members (excludes halogenated alkanes) is 1. The van der Waals surface area contributed by atoms with E-state index in [0.717, 1.165) is 0 Å². The van der Waals surface area contributed by atoms with E-state index in [1.54, 1.807) is 20.8 Å². The van der Waals surface area contributed by atoms with Crippen molar-refractivity contribution in [3.8, 4) is 0 Å². The number of alkyl carbamates (subject to hydrolysis) is 1. The highest BCUT2D eigenvalue weighted by Crippen LogP contribution is 2.06. The van der Waals surface area contributed by atoms with Crippen LogP contribution in [0.25, 0.3) is 10.4 Å². The highest BCUT2D eigenvalue weighted by molar-refractivity contribution is 5.84. The Kier molecular flexibility index (Phi) is 9.17. The number of carboxylic acids is 1. The Morgan fingerprint density at radius 1 is 1.30 bits per heavy atom. The molecule has 0 spiro atoms. The summed E-state index contributed by atoms with van der Waals surface area (Å²) in [6.07, 6.45) is 0.687. The lowest BCUT2D eigenvalue weighted by Crippen LogP contribution is -2.41. The average Bonchev–Trinajstić information content (AvgIpc) is 2.41. The lowest BCUT2D eigenvalue weighted by Gasteiger charge is -2.19. The molecule has 130 valence electrons. The third kappa shape index (κ3) is 11.8. The second kappa shape index (κ2) is 10.3. The smallest absolute Gasteiger partial charge is 0.407 e. The molecule has 0 saturated carbocycles. The van der Waals surface area contributed by atoms with Gasteiger partial charge in [0.05, 0.1) is 0 Å². The van der Waals surface area contributed by atoms with Crippen LogP contribution in [0.2, 0.25) is 0 Å². The van der Waals surface area contributed by atoms with E-state index in [1.807, 2.05) is 0 Å². The highest BCUT2D eigenvalue weighted by atomic mass is 16.6. The van der Waals surface area contributed by atoms with Crippen molar-refractivity contribution in [3.05, 3.63) is 10.4 Å². The van der Waals surface area contributed by atoms with E-state index in [4.69, 9.17) is 15.4 Å². The number of hydrogen-bond acceptors (Lipinski definition) is 5. The number of rotatable bonds is 9. The topological polar surface area (TPSA) is 153 Å². The van der Waals surface area contributed by atoms with Crippen molar-refractivity contribution >= 4 is 18.0 Å². The van der Waals surface area contributed by atoms with E-state index in [1.165, 1.54) is 0 Å². The first-order chi connectivity index (χ1) is 10.7. The van der Waals surface area contributed by atoms with Crippen LogP contribution >= 0.6 is 0 Å². The largest absolute Gasteiger partial charge is 0.480 e. The van der Waals surface area contributed by atoms with Gasteiger partial charge in [-0.1, -0.05) is 5.11 Å². The molecule has 1 atom stereocenters. The minimum Gasteiger partial charge on any atom is -0.480 e. The number of azide groups is 1. The number of ether oxygens (including phenoxy) is 1. The summed E-state index contributed by atoms with van der Waals surface area (Å²) in [4.78, 5) is 36.2. The molecule has 0 aromatic heterocycles. The Labute approximate surface area is 134 Å². The summed E-state index contributed by atoms with van der Waals surface area (Å²) in [5.74, 6) is -1.82. The molecule has 0 bridgehead atoms. The Balaban J connectivity index is 4.01. The number of carboxylic acid groups (broad SMARTS) is 1. The molecule has 0 radical (unpaired) electrons. The maximum atomic E-state index is 11.4. The van der Waals surface area contributed by atoms with Gasteiger partial charge in [-0.3, -0.25) is 4.79 Å². The van der Waals surface area contributed by atoms with Crippen molar-refractivity contribution in [1.82, 2.24) is 10.6 Å². The molecule has 23 heavy (non-hydrogen) atoms. The number of carbonyl (C=O) groups is 3. The highest BCUT2D eigenvalue weighted by Gasteiger charge is 2.19. The molecule has 0 heterocycles. The Hall–Kier alpha value is -2.48. The van der Waals surface area contributed by atoms with E-state index >= 15 is 0 Å². The van der Waals surface area contributed by atoms with Crippen LogP contribution in [0.4, 0.5) is 4.79 Å². The Morgan fingerprint density at radius 2 is 1.96 bits per heavy atom. The van der Waals surface area contributed by atoms with Crippen molar-refractivity contribution < 1.29 is 24.2 Å². The molecule has 0 aromatic carbocycles. The zero-order valence-corrected chi connectivity index (χ0v) is 13.5. The average molecular weight is 329 g/mol. The van der Waals surface area contributed by atoms with Gasteiger partial charge in [-0.05, 0) is 45.6 Å². The molecule has 0 aromatic rings. The quantitative estimate of drug-likeness (QED) is 0.253. The summed E-state index contributed by atoms with van der Waals surface area (Å²) in [7, 11) is 0. The molecule has 0 aliphatic heterocycles. The van der Waals surface area contributed by atoms with E-state index in [-0.39, 0.29) is 6.42 Å². The molecule has 0 aliphatic rings. The van der Waals surface area contributed by atoms with Gasteiger partial charge in [-0.15, -0.1) is 0 Å². The van der Waals surface area contributed by atoms with Crippen molar-refractivity contribution in [2.75, 3.05) is 13.1 Å². The standard InChI is InChI=1S/C13H23N5O5/c1-13(2,3)23-12(22)15-7-5-4-6-9(11(20)21)17-10(19)8-16-18-14/h9H,4-8H2,1-3H3,(H,15,22)(H,17,19)(H,20,21)/t9-/m0/s1. The zero-order chi connectivity index (χ0) is 17.9. The van der Waals surface area contributed by atoms with Gasteiger partial charge in [0, 0.05) is 11.5 Å². The SMILES string of the molecule is CC(C)(C)OC(=O)NCCCC[C@H](NC(=O)CN=[N+]=[N-])C(=O)O. The van der Waals surface area contributed by atoms with Crippen molar-refractivity contribution in [3.63, 3.8) is 0 Å². The third-order valence-corrected chi connectivity index (χ3v) is 2.50. The lowest BCUT2D eigenvalue weighted by molar-refractivity contribution is -0.141. The van der Waals surface area contributed by atoms with Gasteiger partial charge >= 0.3 is 12.1 Å². The van der Waals surface area contributed by atoms with Crippen LogP contribution in [0.5, 0.6) is 0 Å². The van der Waals surface area contributed by atoms with Gasteiger partial charge in [0.1, 0.15) is 18.2 Å². The fourth-order valence-electron chi connectivity index (χ4n) is 1.57. The molecular weight excluding hydrogens is 306 g/mol. The van der Waals surface area contributed by atoms with Gasteiger partial charge in [0.25, 0.3) is 0 Å². The van der Waals surface area contributed by atoms with Gasteiger partial charge in [-0.2, -0.15) is 0 Å². The summed E-state index contributed by atoms with van der Waals surface area (Å²) in [5, 5.41) is 16.9. The minimum atomic E-state index is -1.17. The van der Waals surface area contributed by atoms with Crippen LogP contribution in [0.15, 0.2) is 5.11 Å². The number of amides is 2. The monoisotopic (exact) mass is 329 g/mol. The molecule has 3 N–H and O–H groups in total. The predicted octanol–water partition coefficient (Wildman–Crippen LogP) is 1.56. The summed E-state index contributed by atoms with van der Waals surface area (Å²) < 4.78 is 5.05. The number of hydrogen-bond donors (Lipinski definition) is 3. The maximum Gasteiger partial charge on any atom is 0.407 e.